The van der Waals surface area contributed by atoms with Crippen LogP contribution in [-0.4, -0.2) is 15.6 Å². The second-order valence-corrected chi connectivity index (χ2v) is 5.26. The lowest BCUT2D eigenvalue weighted by Gasteiger charge is -2.28. The van der Waals surface area contributed by atoms with Gasteiger partial charge in [-0.05, 0) is 55.5 Å². The van der Waals surface area contributed by atoms with Gasteiger partial charge in [-0.3, -0.25) is 0 Å². The summed E-state index contributed by atoms with van der Waals surface area (Å²) in [6, 6.07) is 7.39. The molecule has 0 saturated heterocycles. The fourth-order valence-electron chi connectivity index (χ4n) is 2.82. The highest BCUT2D eigenvalue weighted by atomic mass is 19.1. The van der Waals surface area contributed by atoms with Gasteiger partial charge in [0.2, 0.25) is 0 Å². The monoisotopic (exact) mass is 259 g/mol. The van der Waals surface area contributed by atoms with Crippen LogP contribution < -0.4 is 5.73 Å². The number of imidazole rings is 1. The van der Waals surface area contributed by atoms with Crippen molar-refractivity contribution in [3.63, 3.8) is 0 Å². The van der Waals surface area contributed by atoms with Gasteiger partial charge in [-0.25, -0.2) is 9.37 Å². The first-order valence-corrected chi connectivity index (χ1v) is 6.77. The molecule has 3 rings (SSSR count). The predicted octanol–water partition coefficient (Wildman–Crippen LogP) is 3.13. The van der Waals surface area contributed by atoms with Crippen molar-refractivity contribution in [3.05, 3.63) is 42.6 Å². The van der Waals surface area contributed by atoms with E-state index in [0.717, 1.165) is 36.9 Å². The minimum absolute atomic E-state index is 0.210. The lowest BCUT2D eigenvalue weighted by Crippen LogP contribution is -2.27. The Morgan fingerprint density at radius 2 is 1.79 bits per heavy atom. The molecule has 0 atom stereocenters. The van der Waals surface area contributed by atoms with Gasteiger partial charge in [-0.15, -0.1) is 0 Å². The molecule has 1 fully saturated rings. The Bertz CT molecular complexity index is 539. The maximum Gasteiger partial charge on any atom is 0.123 e. The summed E-state index contributed by atoms with van der Waals surface area (Å²) in [5.41, 5.74) is 8.01. The molecule has 0 spiro atoms. The molecule has 3 nitrogen and oxygen atoms in total. The summed E-state index contributed by atoms with van der Waals surface area (Å²) in [6.07, 6.45) is 8.02. The van der Waals surface area contributed by atoms with Crippen LogP contribution in [0.25, 0.3) is 11.3 Å². The molecule has 1 aliphatic carbocycles. The summed E-state index contributed by atoms with van der Waals surface area (Å²) >= 11 is 0. The maximum atomic E-state index is 13.0. The third-order valence-corrected chi connectivity index (χ3v) is 3.94. The highest BCUT2D eigenvalue weighted by Crippen LogP contribution is 2.31. The van der Waals surface area contributed by atoms with Gasteiger partial charge in [0.05, 0.1) is 18.2 Å². The van der Waals surface area contributed by atoms with E-state index >= 15 is 0 Å². The second kappa shape index (κ2) is 5.13. The summed E-state index contributed by atoms with van der Waals surface area (Å²) < 4.78 is 15.2. The Labute approximate surface area is 112 Å². The van der Waals surface area contributed by atoms with Gasteiger partial charge in [0.25, 0.3) is 0 Å². The molecule has 2 N–H and O–H groups in total. The van der Waals surface area contributed by atoms with E-state index in [2.05, 4.69) is 9.55 Å². The lowest BCUT2D eigenvalue weighted by atomic mass is 9.91. The SMILES string of the molecule is NC1CCC(n2cncc2-c2ccc(F)cc2)CC1. The Hall–Kier alpha value is -1.68. The van der Waals surface area contributed by atoms with Gasteiger partial charge in [0.15, 0.2) is 0 Å². The summed E-state index contributed by atoms with van der Waals surface area (Å²) in [6.45, 7) is 0. The van der Waals surface area contributed by atoms with E-state index in [1.165, 1.54) is 12.1 Å². The third kappa shape index (κ3) is 2.54. The summed E-state index contributed by atoms with van der Waals surface area (Å²) in [4.78, 5) is 4.25. The van der Waals surface area contributed by atoms with Crippen LogP contribution in [0.5, 0.6) is 0 Å². The van der Waals surface area contributed by atoms with E-state index in [9.17, 15) is 4.39 Å². The molecule has 0 amide bonds. The largest absolute Gasteiger partial charge is 0.328 e. The van der Waals surface area contributed by atoms with Crippen LogP contribution in [0.3, 0.4) is 0 Å². The van der Waals surface area contributed by atoms with Crippen molar-refractivity contribution in [2.75, 3.05) is 0 Å². The molecule has 100 valence electrons. The number of aromatic nitrogens is 2. The zero-order chi connectivity index (χ0) is 13.2. The number of benzene rings is 1. The van der Waals surface area contributed by atoms with E-state index in [1.807, 2.05) is 12.5 Å². The van der Waals surface area contributed by atoms with Crippen LogP contribution >= 0.6 is 0 Å². The van der Waals surface area contributed by atoms with Crippen molar-refractivity contribution in [2.24, 2.45) is 5.73 Å². The first kappa shape index (κ1) is 12.4. The van der Waals surface area contributed by atoms with Crippen LogP contribution in [0.2, 0.25) is 0 Å². The quantitative estimate of drug-likeness (QED) is 0.900. The number of nitrogens with two attached hydrogens (primary N) is 1. The smallest absolute Gasteiger partial charge is 0.123 e. The van der Waals surface area contributed by atoms with Crippen LogP contribution in [0, 0.1) is 5.82 Å². The first-order valence-electron chi connectivity index (χ1n) is 6.77. The highest BCUT2D eigenvalue weighted by Gasteiger charge is 2.21. The van der Waals surface area contributed by atoms with Crippen molar-refractivity contribution in [1.82, 2.24) is 9.55 Å². The van der Waals surface area contributed by atoms with Crippen molar-refractivity contribution in [3.8, 4) is 11.3 Å². The molecular formula is C15H18FN3. The Kier molecular flexibility index (Phi) is 3.34. The van der Waals surface area contributed by atoms with Crippen LogP contribution in [0.15, 0.2) is 36.8 Å². The molecule has 2 aromatic rings. The molecule has 0 unspecified atom stereocenters. The number of halogens is 1. The maximum absolute atomic E-state index is 13.0. The minimum atomic E-state index is -0.210. The topological polar surface area (TPSA) is 43.8 Å². The van der Waals surface area contributed by atoms with Gasteiger partial charge >= 0.3 is 0 Å². The zero-order valence-electron chi connectivity index (χ0n) is 10.8. The van der Waals surface area contributed by atoms with Gasteiger partial charge in [0.1, 0.15) is 5.82 Å². The predicted molar refractivity (Wildman–Crippen MR) is 73.1 cm³/mol. The van der Waals surface area contributed by atoms with E-state index < -0.39 is 0 Å². The number of hydrogen-bond acceptors (Lipinski definition) is 2. The second-order valence-electron chi connectivity index (χ2n) is 5.26. The van der Waals surface area contributed by atoms with E-state index in [4.69, 9.17) is 5.73 Å². The number of rotatable bonds is 2. The van der Waals surface area contributed by atoms with Gasteiger partial charge < -0.3 is 10.3 Å². The van der Waals surface area contributed by atoms with Crippen LogP contribution in [0.4, 0.5) is 4.39 Å². The van der Waals surface area contributed by atoms with Crippen LogP contribution in [0.1, 0.15) is 31.7 Å². The molecular weight excluding hydrogens is 241 g/mol. The van der Waals surface area contributed by atoms with E-state index in [-0.39, 0.29) is 5.82 Å². The molecule has 4 heteroatoms. The molecule has 1 aromatic heterocycles. The van der Waals surface area contributed by atoms with Gasteiger partial charge in [-0.1, -0.05) is 0 Å². The Balaban J connectivity index is 1.88. The molecule has 1 heterocycles. The normalized spacial score (nSPS) is 23.5. The van der Waals surface area contributed by atoms with Crippen molar-refractivity contribution in [1.29, 1.82) is 0 Å². The standard InChI is InChI=1S/C15H18FN3/c16-12-3-1-11(2-4-12)15-9-18-10-19(15)14-7-5-13(17)6-8-14/h1-4,9-10,13-14H,5-8,17H2. The molecule has 0 aliphatic heterocycles. The summed E-state index contributed by atoms with van der Waals surface area (Å²) in [7, 11) is 0. The summed E-state index contributed by atoms with van der Waals surface area (Å²) in [5, 5.41) is 0. The van der Waals surface area contributed by atoms with Crippen molar-refractivity contribution < 1.29 is 4.39 Å². The number of hydrogen-bond donors (Lipinski definition) is 1. The fraction of sp³-hybridized carbons (Fsp3) is 0.400. The Morgan fingerprint density at radius 1 is 1.11 bits per heavy atom. The van der Waals surface area contributed by atoms with E-state index in [1.54, 1.807) is 12.1 Å². The van der Waals surface area contributed by atoms with E-state index in [0.29, 0.717) is 12.1 Å². The van der Waals surface area contributed by atoms with Crippen molar-refractivity contribution >= 4 is 0 Å². The van der Waals surface area contributed by atoms with Crippen LogP contribution in [-0.2, 0) is 0 Å². The average molecular weight is 259 g/mol. The molecule has 19 heavy (non-hydrogen) atoms. The zero-order valence-corrected chi connectivity index (χ0v) is 10.8. The lowest BCUT2D eigenvalue weighted by molar-refractivity contribution is 0.325. The first-order chi connectivity index (χ1) is 9.24. The highest BCUT2D eigenvalue weighted by molar-refractivity contribution is 5.58. The Morgan fingerprint density at radius 3 is 2.47 bits per heavy atom. The molecule has 1 aromatic carbocycles. The fourth-order valence-corrected chi connectivity index (χ4v) is 2.82. The van der Waals surface area contributed by atoms with Gasteiger partial charge in [0, 0.05) is 12.1 Å². The average Bonchev–Trinajstić information content (AvgIpc) is 2.90. The third-order valence-electron chi connectivity index (χ3n) is 3.94. The molecule has 0 radical (unpaired) electrons. The molecule has 1 aliphatic rings. The molecule has 0 bridgehead atoms. The minimum Gasteiger partial charge on any atom is -0.328 e. The number of nitrogens with zero attached hydrogens (tertiary/aromatic N) is 2. The van der Waals surface area contributed by atoms with Crippen molar-refractivity contribution in [2.45, 2.75) is 37.8 Å². The molecule has 1 saturated carbocycles. The van der Waals surface area contributed by atoms with Gasteiger partial charge in [-0.2, -0.15) is 0 Å². The summed E-state index contributed by atoms with van der Waals surface area (Å²) in [5.74, 6) is -0.210.